The van der Waals surface area contributed by atoms with Crippen molar-refractivity contribution in [3.05, 3.63) is 0 Å². The molecular weight excluding hydrogens is 226 g/mol. The van der Waals surface area contributed by atoms with E-state index in [0.29, 0.717) is 12.4 Å². The lowest BCUT2D eigenvalue weighted by Crippen LogP contribution is -2.49. The predicted molar refractivity (Wildman–Crippen MR) is 71.4 cm³/mol. The van der Waals surface area contributed by atoms with E-state index in [0.717, 1.165) is 31.6 Å². The van der Waals surface area contributed by atoms with Crippen LogP contribution >= 0.6 is 0 Å². The molecule has 98 valence electrons. The molecule has 2 rings (SSSR count). The highest BCUT2D eigenvalue weighted by atomic mass is 16.2. The van der Waals surface area contributed by atoms with Gasteiger partial charge in [-0.1, -0.05) is 32.1 Å². The maximum absolute atomic E-state index is 11.9. The molecule has 1 aliphatic heterocycles. The molecule has 2 amide bonds. The van der Waals surface area contributed by atoms with Crippen LogP contribution in [0, 0.1) is 23.7 Å². The van der Waals surface area contributed by atoms with Crippen molar-refractivity contribution in [2.45, 2.75) is 51.0 Å². The van der Waals surface area contributed by atoms with Crippen molar-refractivity contribution in [1.82, 2.24) is 10.2 Å². The number of hydrogen-bond donors (Lipinski definition) is 2. The van der Waals surface area contributed by atoms with E-state index in [4.69, 9.17) is 11.8 Å². The van der Waals surface area contributed by atoms with Crippen LogP contribution in [0.25, 0.3) is 0 Å². The molecule has 1 spiro atoms. The zero-order valence-electron chi connectivity index (χ0n) is 11.0. The van der Waals surface area contributed by atoms with Crippen LogP contribution < -0.4 is 5.32 Å². The third kappa shape index (κ3) is 1.98. The van der Waals surface area contributed by atoms with Gasteiger partial charge in [-0.05, 0) is 25.2 Å². The van der Waals surface area contributed by atoms with Crippen LogP contribution in [0.2, 0.25) is 0 Å². The van der Waals surface area contributed by atoms with E-state index >= 15 is 0 Å². The van der Waals surface area contributed by atoms with Crippen LogP contribution in [-0.4, -0.2) is 28.9 Å². The minimum atomic E-state index is -0.451. The molecule has 2 atom stereocenters. The molecule has 1 saturated heterocycles. The maximum Gasteiger partial charge on any atom is 0.324 e. The summed E-state index contributed by atoms with van der Waals surface area (Å²) in [4.78, 5) is 13.6. The summed E-state index contributed by atoms with van der Waals surface area (Å²) in [5, 5.41) is 10.8. The number of carbonyl (C=O) groups excluding carboxylic acids is 1. The number of nitrogens with one attached hydrogen (secondary N) is 2. The van der Waals surface area contributed by atoms with E-state index < -0.39 is 5.54 Å². The van der Waals surface area contributed by atoms with Crippen LogP contribution in [0.3, 0.4) is 0 Å². The van der Waals surface area contributed by atoms with Crippen LogP contribution in [0.4, 0.5) is 4.79 Å². The largest absolute Gasteiger partial charge is 0.324 e. The molecule has 1 saturated carbocycles. The Balaban J connectivity index is 2.24. The minimum Gasteiger partial charge on any atom is -0.301 e. The molecule has 4 heteroatoms. The van der Waals surface area contributed by atoms with Gasteiger partial charge in [0.25, 0.3) is 0 Å². The van der Waals surface area contributed by atoms with Gasteiger partial charge < -0.3 is 4.90 Å². The monoisotopic (exact) mass is 247 g/mol. The fourth-order valence-electron chi connectivity index (χ4n) is 3.26. The quantitative estimate of drug-likeness (QED) is 0.723. The highest BCUT2D eigenvalue weighted by Gasteiger charge is 2.49. The molecular formula is C14H21N3O. The molecule has 1 heterocycles. The number of rotatable bonds is 2. The Morgan fingerprint density at radius 3 is 3.00 bits per heavy atom. The Morgan fingerprint density at radius 1 is 1.56 bits per heavy atom. The Bertz CT molecular complexity index is 398. The molecule has 2 N–H and O–H groups in total. The third-order valence-corrected chi connectivity index (χ3v) is 4.45. The van der Waals surface area contributed by atoms with E-state index in [1.807, 2.05) is 0 Å². The molecule has 4 nitrogen and oxygen atoms in total. The van der Waals surface area contributed by atoms with Gasteiger partial charge in [-0.2, -0.15) is 0 Å². The summed E-state index contributed by atoms with van der Waals surface area (Å²) < 4.78 is 0. The summed E-state index contributed by atoms with van der Waals surface area (Å²) in [5.41, 5.74) is -0.451. The smallest absolute Gasteiger partial charge is 0.301 e. The zero-order chi connectivity index (χ0) is 13.2. The number of urea groups is 1. The number of amides is 2. The van der Waals surface area contributed by atoms with Crippen molar-refractivity contribution in [2.24, 2.45) is 5.92 Å². The maximum atomic E-state index is 11.9. The lowest BCUT2D eigenvalue weighted by Gasteiger charge is -2.34. The van der Waals surface area contributed by atoms with E-state index in [2.05, 4.69) is 18.2 Å². The second-order valence-corrected chi connectivity index (χ2v) is 5.33. The molecule has 1 aliphatic carbocycles. The van der Waals surface area contributed by atoms with Gasteiger partial charge in [0.15, 0.2) is 0 Å². The summed E-state index contributed by atoms with van der Waals surface area (Å²) in [6.07, 6.45) is 11.6. The van der Waals surface area contributed by atoms with Gasteiger partial charge in [0.05, 0.1) is 6.54 Å². The fraction of sp³-hybridized carbons (Fsp3) is 0.714. The SMILES string of the molecule is C#CCN1C(=O)NC(=N)C12CCCC(CC)CC2. The first-order valence-corrected chi connectivity index (χ1v) is 6.75. The highest BCUT2D eigenvalue weighted by molar-refractivity contribution is 6.08. The average Bonchev–Trinajstić information content (AvgIpc) is 2.55. The van der Waals surface area contributed by atoms with Crippen LogP contribution in [0.5, 0.6) is 0 Å². The Morgan fingerprint density at radius 2 is 2.33 bits per heavy atom. The molecule has 0 bridgehead atoms. The summed E-state index contributed by atoms with van der Waals surface area (Å²) in [5.74, 6) is 3.62. The topological polar surface area (TPSA) is 56.2 Å². The van der Waals surface area contributed by atoms with Crippen molar-refractivity contribution >= 4 is 11.9 Å². The zero-order valence-corrected chi connectivity index (χ0v) is 11.0. The normalized spacial score (nSPS) is 32.2. The molecule has 0 aromatic heterocycles. The van der Waals surface area contributed by atoms with Crippen molar-refractivity contribution < 1.29 is 4.79 Å². The summed E-state index contributed by atoms with van der Waals surface area (Å²) in [6.45, 7) is 2.51. The highest BCUT2D eigenvalue weighted by Crippen LogP contribution is 2.38. The van der Waals surface area contributed by atoms with Crippen molar-refractivity contribution in [3.63, 3.8) is 0 Å². The van der Waals surface area contributed by atoms with Crippen LogP contribution in [-0.2, 0) is 0 Å². The van der Waals surface area contributed by atoms with E-state index in [9.17, 15) is 4.79 Å². The number of hydrogen-bond acceptors (Lipinski definition) is 2. The number of amidine groups is 1. The molecule has 0 radical (unpaired) electrons. The first-order valence-electron chi connectivity index (χ1n) is 6.75. The van der Waals surface area contributed by atoms with Gasteiger partial charge in [-0.3, -0.25) is 10.7 Å². The van der Waals surface area contributed by atoms with E-state index in [1.54, 1.807) is 4.90 Å². The Kier molecular flexibility index (Phi) is 3.60. The minimum absolute atomic E-state index is 0.201. The van der Waals surface area contributed by atoms with Gasteiger partial charge in [-0.25, -0.2) is 4.79 Å². The van der Waals surface area contributed by atoms with Crippen molar-refractivity contribution in [3.8, 4) is 12.3 Å². The van der Waals surface area contributed by atoms with Gasteiger partial charge in [-0.15, -0.1) is 6.42 Å². The summed E-state index contributed by atoms with van der Waals surface area (Å²) >= 11 is 0. The Labute approximate surface area is 109 Å². The predicted octanol–water partition coefficient (Wildman–Crippen LogP) is 2.35. The number of carbonyl (C=O) groups is 1. The van der Waals surface area contributed by atoms with E-state index in [-0.39, 0.29) is 6.03 Å². The Hall–Kier alpha value is -1.50. The van der Waals surface area contributed by atoms with E-state index in [1.165, 1.54) is 12.8 Å². The molecule has 0 aromatic carbocycles. The second kappa shape index (κ2) is 5.01. The van der Waals surface area contributed by atoms with Crippen molar-refractivity contribution in [2.75, 3.05) is 6.54 Å². The second-order valence-electron chi connectivity index (χ2n) is 5.33. The number of terminal acetylenes is 1. The standard InChI is InChI=1S/C14H21N3O/c1-3-10-17-13(18)16-12(15)14(17)8-5-6-11(4-2)7-9-14/h1,11H,4-10H2,2H3,(H2,15,16,18). The third-order valence-electron chi connectivity index (χ3n) is 4.45. The van der Waals surface area contributed by atoms with Gasteiger partial charge in [0, 0.05) is 0 Å². The lowest BCUT2D eigenvalue weighted by molar-refractivity contribution is 0.173. The average molecular weight is 247 g/mol. The molecule has 18 heavy (non-hydrogen) atoms. The molecule has 2 unspecified atom stereocenters. The fourth-order valence-corrected chi connectivity index (χ4v) is 3.26. The first-order chi connectivity index (χ1) is 8.64. The van der Waals surface area contributed by atoms with Crippen molar-refractivity contribution in [1.29, 1.82) is 5.41 Å². The first kappa shape index (κ1) is 12.9. The van der Waals surface area contributed by atoms with Gasteiger partial charge >= 0.3 is 6.03 Å². The lowest BCUT2D eigenvalue weighted by atomic mass is 9.87. The van der Waals surface area contributed by atoms with Gasteiger partial charge in [0.2, 0.25) is 0 Å². The van der Waals surface area contributed by atoms with Crippen LogP contribution in [0.1, 0.15) is 45.4 Å². The van der Waals surface area contributed by atoms with Gasteiger partial charge in [0.1, 0.15) is 11.4 Å². The van der Waals surface area contributed by atoms with Crippen LogP contribution in [0.15, 0.2) is 0 Å². The molecule has 2 aliphatic rings. The summed E-state index contributed by atoms with van der Waals surface area (Å²) in [6, 6.07) is -0.201. The number of nitrogens with zero attached hydrogens (tertiary/aromatic N) is 1. The molecule has 2 fully saturated rings. The summed E-state index contributed by atoms with van der Waals surface area (Å²) in [7, 11) is 0. The molecule has 0 aromatic rings.